The van der Waals surface area contributed by atoms with Gasteiger partial charge in [-0.25, -0.2) is 4.98 Å². The number of rotatable bonds is 7. The van der Waals surface area contributed by atoms with Crippen molar-refractivity contribution in [2.24, 2.45) is 0 Å². The van der Waals surface area contributed by atoms with Crippen LogP contribution in [0.3, 0.4) is 0 Å². The summed E-state index contributed by atoms with van der Waals surface area (Å²) in [6, 6.07) is 37.4. The Hall–Kier alpha value is -4.35. The van der Waals surface area contributed by atoms with Gasteiger partial charge in [0.05, 0.1) is 44.3 Å². The molecule has 0 saturated carbocycles. The Morgan fingerprint density at radius 3 is 2.37 bits per heavy atom. The lowest BCUT2D eigenvalue weighted by Crippen LogP contribution is -2.25. The Labute approximate surface area is 251 Å². The van der Waals surface area contributed by atoms with Crippen molar-refractivity contribution in [1.82, 2.24) is 10.3 Å². The highest BCUT2D eigenvalue weighted by molar-refractivity contribution is 8.03. The van der Waals surface area contributed by atoms with E-state index in [1.165, 1.54) is 11.8 Å². The van der Waals surface area contributed by atoms with Gasteiger partial charge in [-0.2, -0.15) is 5.26 Å². The monoisotopic (exact) mass is 590 g/mol. The van der Waals surface area contributed by atoms with Gasteiger partial charge in [0, 0.05) is 16.3 Å². The number of para-hydroxylation sites is 2. The van der Waals surface area contributed by atoms with Crippen LogP contribution < -0.4 is 10.6 Å². The predicted octanol–water partition coefficient (Wildman–Crippen LogP) is 8.31. The average Bonchev–Trinajstić information content (AvgIpc) is 3.44. The number of hydrogen-bond acceptors (Lipinski definition) is 6. The molecule has 1 unspecified atom stereocenters. The van der Waals surface area contributed by atoms with Crippen LogP contribution in [0.4, 0.5) is 5.69 Å². The van der Waals surface area contributed by atoms with Gasteiger partial charge in [0.2, 0.25) is 5.91 Å². The van der Waals surface area contributed by atoms with Crippen molar-refractivity contribution >= 4 is 67.8 Å². The minimum atomic E-state index is -0.495. The zero-order valence-corrected chi connectivity index (χ0v) is 24.1. The number of thiazole rings is 1. The first kappa shape index (κ1) is 26.9. The number of nitrogens with zero attached hydrogens (tertiary/aromatic N) is 2. The number of aromatic nitrogens is 1. The molecule has 0 bridgehead atoms. The van der Waals surface area contributed by atoms with Gasteiger partial charge in [0.1, 0.15) is 5.01 Å². The molecule has 2 N–H and O–H groups in total. The number of allylic oxidation sites excluding steroid dienone is 2. The maximum atomic E-state index is 12.9. The standard InChI is InChI=1S/C33H23ClN4OS2/c34-25-16-8-7-15-23(25)29-24(19-35)32(40-20-28(39)36-22-13-5-2-6-14-22)38-31(21-11-3-1-4-12-21)30(29)33-37-26-17-9-10-18-27(26)41-33/h1-18,29,38H,20H2,(H,36,39). The Morgan fingerprint density at radius 2 is 1.63 bits per heavy atom. The fourth-order valence-electron chi connectivity index (χ4n) is 4.82. The molecule has 2 heterocycles. The second-order valence-electron chi connectivity index (χ2n) is 9.28. The van der Waals surface area contributed by atoms with E-state index in [0.29, 0.717) is 15.6 Å². The van der Waals surface area contributed by atoms with E-state index in [0.717, 1.165) is 43.3 Å². The number of thioether (sulfide) groups is 1. The molecule has 1 aromatic heterocycles. The Balaban J connectivity index is 1.49. The molecular weight excluding hydrogens is 568 g/mol. The maximum absolute atomic E-state index is 12.9. The summed E-state index contributed by atoms with van der Waals surface area (Å²) < 4.78 is 1.06. The van der Waals surface area contributed by atoms with Gasteiger partial charge in [-0.05, 0) is 41.5 Å². The molecule has 0 saturated heterocycles. The third kappa shape index (κ3) is 5.63. The summed E-state index contributed by atoms with van der Waals surface area (Å²) in [6.07, 6.45) is 0. The topological polar surface area (TPSA) is 77.8 Å². The number of carbonyl (C=O) groups is 1. The molecule has 6 rings (SSSR count). The SMILES string of the molecule is N#CC1=C(SCC(=O)Nc2ccccc2)NC(c2ccccc2)=C(c2nc3ccccc3s2)C1c1ccccc1Cl. The van der Waals surface area contributed by atoms with Gasteiger partial charge >= 0.3 is 0 Å². The van der Waals surface area contributed by atoms with E-state index in [-0.39, 0.29) is 11.7 Å². The highest BCUT2D eigenvalue weighted by atomic mass is 35.5. The normalized spacial score (nSPS) is 15.0. The third-order valence-electron chi connectivity index (χ3n) is 6.66. The number of benzene rings is 4. The molecule has 200 valence electrons. The molecule has 0 aliphatic carbocycles. The van der Waals surface area contributed by atoms with E-state index in [2.05, 4.69) is 16.7 Å². The quantitative estimate of drug-likeness (QED) is 0.199. The van der Waals surface area contributed by atoms with Crippen LogP contribution in [0.15, 0.2) is 120 Å². The molecule has 4 aromatic carbocycles. The summed E-state index contributed by atoms with van der Waals surface area (Å²) in [5.41, 5.74) is 5.57. The molecule has 0 spiro atoms. The highest BCUT2D eigenvalue weighted by Gasteiger charge is 2.36. The van der Waals surface area contributed by atoms with Crippen LogP contribution in [0.25, 0.3) is 21.5 Å². The molecular formula is C33H23ClN4OS2. The van der Waals surface area contributed by atoms with E-state index in [9.17, 15) is 10.1 Å². The lowest BCUT2D eigenvalue weighted by molar-refractivity contribution is -0.113. The largest absolute Gasteiger partial charge is 0.349 e. The first-order valence-corrected chi connectivity index (χ1v) is 15.1. The number of dihydropyridines is 1. The smallest absolute Gasteiger partial charge is 0.234 e. The third-order valence-corrected chi connectivity index (χ3v) is 9.09. The van der Waals surface area contributed by atoms with Crippen LogP contribution in [-0.4, -0.2) is 16.6 Å². The average molecular weight is 591 g/mol. The number of anilines is 1. The van der Waals surface area contributed by atoms with Gasteiger partial charge in [0.15, 0.2) is 0 Å². The molecule has 41 heavy (non-hydrogen) atoms. The van der Waals surface area contributed by atoms with Crippen molar-refractivity contribution in [2.45, 2.75) is 5.92 Å². The summed E-state index contributed by atoms with van der Waals surface area (Å²) in [7, 11) is 0. The van der Waals surface area contributed by atoms with Crippen molar-refractivity contribution in [3.05, 3.63) is 141 Å². The Bertz CT molecular complexity index is 1810. The van der Waals surface area contributed by atoms with Crippen molar-refractivity contribution < 1.29 is 4.79 Å². The molecule has 5 nitrogen and oxygen atoms in total. The second-order valence-corrected chi connectivity index (χ2v) is 11.7. The van der Waals surface area contributed by atoms with Crippen molar-refractivity contribution in [2.75, 3.05) is 11.1 Å². The minimum Gasteiger partial charge on any atom is -0.349 e. The van der Waals surface area contributed by atoms with Crippen molar-refractivity contribution in [3.63, 3.8) is 0 Å². The molecule has 8 heteroatoms. The number of carbonyl (C=O) groups excluding carboxylic acids is 1. The number of nitrogens with one attached hydrogen (secondary N) is 2. The minimum absolute atomic E-state index is 0.121. The molecule has 0 radical (unpaired) electrons. The fraction of sp³-hybridized carbons (Fsp3) is 0.0606. The maximum Gasteiger partial charge on any atom is 0.234 e. The zero-order valence-electron chi connectivity index (χ0n) is 21.7. The van der Waals surface area contributed by atoms with Gasteiger partial charge in [-0.1, -0.05) is 102 Å². The Morgan fingerprint density at radius 1 is 0.951 bits per heavy atom. The van der Waals surface area contributed by atoms with E-state index >= 15 is 0 Å². The predicted molar refractivity (Wildman–Crippen MR) is 170 cm³/mol. The zero-order chi connectivity index (χ0) is 28.2. The molecule has 1 atom stereocenters. The summed E-state index contributed by atoms with van der Waals surface area (Å²) in [6.45, 7) is 0. The summed E-state index contributed by atoms with van der Waals surface area (Å²) in [5, 5.41) is 19.1. The first-order valence-electron chi connectivity index (χ1n) is 12.9. The number of amides is 1. The van der Waals surface area contributed by atoms with Crippen LogP contribution >= 0.6 is 34.7 Å². The lowest BCUT2D eigenvalue weighted by Gasteiger charge is -2.31. The van der Waals surface area contributed by atoms with E-state index in [4.69, 9.17) is 16.6 Å². The van der Waals surface area contributed by atoms with Gasteiger partial charge < -0.3 is 10.6 Å². The fourth-order valence-corrected chi connectivity index (χ4v) is 6.96. The van der Waals surface area contributed by atoms with Crippen molar-refractivity contribution in [3.8, 4) is 6.07 Å². The molecule has 1 aliphatic heterocycles. The van der Waals surface area contributed by atoms with E-state index in [1.807, 2.05) is 109 Å². The molecule has 5 aromatic rings. The van der Waals surface area contributed by atoms with Gasteiger partial charge in [-0.3, -0.25) is 4.79 Å². The summed E-state index contributed by atoms with van der Waals surface area (Å²) in [5.74, 6) is -0.536. The lowest BCUT2D eigenvalue weighted by atomic mass is 9.81. The van der Waals surface area contributed by atoms with Crippen LogP contribution in [0.1, 0.15) is 22.1 Å². The highest BCUT2D eigenvalue weighted by Crippen LogP contribution is 2.50. The Kier molecular flexibility index (Phi) is 7.88. The van der Waals surface area contributed by atoms with Crippen LogP contribution in [0.5, 0.6) is 0 Å². The molecule has 1 aliphatic rings. The first-order chi connectivity index (χ1) is 20.1. The van der Waals surface area contributed by atoms with Crippen LogP contribution in [0.2, 0.25) is 5.02 Å². The van der Waals surface area contributed by atoms with Crippen molar-refractivity contribution in [1.29, 1.82) is 5.26 Å². The number of nitriles is 1. The summed E-state index contributed by atoms with van der Waals surface area (Å²) in [4.78, 5) is 17.9. The number of halogens is 1. The van der Waals surface area contributed by atoms with E-state index < -0.39 is 5.92 Å². The number of fused-ring (bicyclic) bond motifs is 1. The number of hydrogen-bond donors (Lipinski definition) is 2. The van der Waals surface area contributed by atoms with Crippen LogP contribution in [-0.2, 0) is 4.79 Å². The van der Waals surface area contributed by atoms with Crippen LogP contribution in [0, 0.1) is 11.3 Å². The molecule has 1 amide bonds. The summed E-state index contributed by atoms with van der Waals surface area (Å²) >= 11 is 9.69. The second kappa shape index (κ2) is 12.0. The van der Waals surface area contributed by atoms with Gasteiger partial charge in [-0.15, -0.1) is 11.3 Å². The molecule has 0 fully saturated rings. The van der Waals surface area contributed by atoms with E-state index in [1.54, 1.807) is 11.3 Å². The van der Waals surface area contributed by atoms with Gasteiger partial charge in [0.25, 0.3) is 0 Å².